The number of carbonyl (C=O) groups is 1. The Bertz CT molecular complexity index is 390. The number of carboxylic acids is 1. The van der Waals surface area contributed by atoms with Gasteiger partial charge >= 0.3 is 5.97 Å². The summed E-state index contributed by atoms with van der Waals surface area (Å²) in [6.45, 7) is 0. The molecule has 0 heterocycles. The van der Waals surface area contributed by atoms with E-state index < -0.39 is 29.2 Å². The SMILES string of the molecule is COc1cc(O)c(F)c(C(O)C(=O)O)c1. The maximum atomic E-state index is 13.2. The van der Waals surface area contributed by atoms with Gasteiger partial charge in [-0.1, -0.05) is 0 Å². The Kier molecular flexibility index (Phi) is 3.11. The van der Waals surface area contributed by atoms with Gasteiger partial charge in [0.25, 0.3) is 0 Å². The van der Waals surface area contributed by atoms with Crippen LogP contribution >= 0.6 is 0 Å². The second kappa shape index (κ2) is 4.14. The van der Waals surface area contributed by atoms with Gasteiger partial charge in [-0.05, 0) is 6.07 Å². The number of aromatic hydroxyl groups is 1. The number of ether oxygens (including phenoxy) is 1. The first kappa shape index (κ1) is 11.3. The molecular formula is C9H9FO5. The number of phenolic OH excluding ortho intramolecular Hbond substituents is 1. The van der Waals surface area contributed by atoms with Gasteiger partial charge in [0.1, 0.15) is 5.75 Å². The van der Waals surface area contributed by atoms with Crippen molar-refractivity contribution in [3.8, 4) is 11.5 Å². The molecular weight excluding hydrogens is 207 g/mol. The van der Waals surface area contributed by atoms with Gasteiger partial charge in [0.05, 0.1) is 7.11 Å². The van der Waals surface area contributed by atoms with Gasteiger partial charge in [0.2, 0.25) is 0 Å². The molecule has 1 atom stereocenters. The van der Waals surface area contributed by atoms with E-state index >= 15 is 0 Å². The Morgan fingerprint density at radius 3 is 2.60 bits per heavy atom. The van der Waals surface area contributed by atoms with Crippen molar-refractivity contribution in [3.63, 3.8) is 0 Å². The van der Waals surface area contributed by atoms with Gasteiger partial charge in [0, 0.05) is 11.6 Å². The first-order valence-corrected chi connectivity index (χ1v) is 3.94. The van der Waals surface area contributed by atoms with E-state index in [0.29, 0.717) is 0 Å². The average molecular weight is 216 g/mol. The molecule has 0 radical (unpaired) electrons. The number of rotatable bonds is 3. The highest BCUT2D eigenvalue weighted by Gasteiger charge is 2.23. The minimum absolute atomic E-state index is 0.0594. The number of aliphatic hydroxyl groups excluding tert-OH is 1. The molecule has 0 saturated carbocycles. The number of hydrogen-bond acceptors (Lipinski definition) is 4. The summed E-state index contributed by atoms with van der Waals surface area (Å²) in [6, 6.07) is 1.99. The van der Waals surface area contributed by atoms with E-state index in [2.05, 4.69) is 4.74 Å². The van der Waals surface area contributed by atoms with Crippen molar-refractivity contribution in [2.45, 2.75) is 6.10 Å². The van der Waals surface area contributed by atoms with Crippen molar-refractivity contribution < 1.29 is 29.2 Å². The van der Waals surface area contributed by atoms with Crippen LogP contribution < -0.4 is 4.74 Å². The maximum Gasteiger partial charge on any atom is 0.337 e. The van der Waals surface area contributed by atoms with E-state index in [4.69, 9.17) is 15.3 Å². The molecule has 0 bridgehead atoms. The number of benzene rings is 1. The molecule has 1 aromatic rings. The minimum Gasteiger partial charge on any atom is -0.505 e. The van der Waals surface area contributed by atoms with Crippen molar-refractivity contribution in [2.75, 3.05) is 7.11 Å². The van der Waals surface area contributed by atoms with E-state index in [1.54, 1.807) is 0 Å². The lowest BCUT2D eigenvalue weighted by molar-refractivity contribution is -0.147. The van der Waals surface area contributed by atoms with Gasteiger partial charge < -0.3 is 20.1 Å². The highest BCUT2D eigenvalue weighted by atomic mass is 19.1. The largest absolute Gasteiger partial charge is 0.505 e. The van der Waals surface area contributed by atoms with Crippen LogP contribution in [0.1, 0.15) is 11.7 Å². The van der Waals surface area contributed by atoms with Crippen molar-refractivity contribution in [1.29, 1.82) is 0 Å². The normalized spacial score (nSPS) is 12.2. The van der Waals surface area contributed by atoms with Crippen LogP contribution in [-0.4, -0.2) is 28.4 Å². The predicted molar refractivity (Wildman–Crippen MR) is 47.2 cm³/mol. The highest BCUT2D eigenvalue weighted by Crippen LogP contribution is 2.30. The van der Waals surface area contributed by atoms with Crippen molar-refractivity contribution in [1.82, 2.24) is 0 Å². The zero-order valence-corrected chi connectivity index (χ0v) is 7.77. The molecule has 5 nitrogen and oxygen atoms in total. The number of methoxy groups -OCH3 is 1. The Morgan fingerprint density at radius 1 is 1.53 bits per heavy atom. The molecule has 82 valence electrons. The van der Waals surface area contributed by atoms with E-state index in [1.807, 2.05) is 0 Å². The number of carboxylic acid groups (broad SMARTS) is 1. The minimum atomic E-state index is -2.04. The molecule has 15 heavy (non-hydrogen) atoms. The quantitative estimate of drug-likeness (QED) is 0.690. The topological polar surface area (TPSA) is 87.0 Å². The van der Waals surface area contributed by atoms with Crippen LogP contribution in [-0.2, 0) is 4.79 Å². The molecule has 1 unspecified atom stereocenters. The molecule has 0 aromatic heterocycles. The lowest BCUT2D eigenvalue weighted by Gasteiger charge is -2.10. The van der Waals surface area contributed by atoms with Crippen LogP contribution in [0.3, 0.4) is 0 Å². The van der Waals surface area contributed by atoms with E-state index in [-0.39, 0.29) is 5.75 Å². The number of hydrogen-bond donors (Lipinski definition) is 3. The third-order valence-electron chi connectivity index (χ3n) is 1.82. The standard InChI is InChI=1S/C9H9FO5/c1-15-4-2-5(8(12)9(13)14)7(10)6(11)3-4/h2-3,8,11-12H,1H3,(H,13,14). The highest BCUT2D eigenvalue weighted by molar-refractivity contribution is 5.74. The van der Waals surface area contributed by atoms with Crippen molar-refractivity contribution in [2.24, 2.45) is 0 Å². The van der Waals surface area contributed by atoms with Crippen LogP contribution in [0.25, 0.3) is 0 Å². The third-order valence-corrected chi connectivity index (χ3v) is 1.82. The number of phenols is 1. The lowest BCUT2D eigenvalue weighted by Crippen LogP contribution is -2.12. The second-order valence-corrected chi connectivity index (χ2v) is 2.79. The summed E-state index contributed by atoms with van der Waals surface area (Å²) < 4.78 is 17.9. The van der Waals surface area contributed by atoms with Crippen molar-refractivity contribution in [3.05, 3.63) is 23.5 Å². The third kappa shape index (κ3) is 2.16. The Morgan fingerprint density at radius 2 is 2.13 bits per heavy atom. The molecule has 1 aromatic carbocycles. The predicted octanol–water partition coefficient (Wildman–Crippen LogP) is 0.658. The zero-order chi connectivity index (χ0) is 11.6. The molecule has 0 aliphatic rings. The van der Waals surface area contributed by atoms with E-state index in [1.165, 1.54) is 7.11 Å². The van der Waals surface area contributed by atoms with Gasteiger partial charge in [-0.25, -0.2) is 9.18 Å². The fourth-order valence-corrected chi connectivity index (χ4v) is 1.05. The van der Waals surface area contributed by atoms with E-state index in [0.717, 1.165) is 12.1 Å². The summed E-state index contributed by atoms with van der Waals surface area (Å²) in [4.78, 5) is 10.4. The Labute approximate surface area is 84.3 Å². The molecule has 0 aliphatic carbocycles. The lowest BCUT2D eigenvalue weighted by atomic mass is 10.1. The molecule has 0 spiro atoms. The van der Waals surface area contributed by atoms with Crippen LogP contribution in [0.5, 0.6) is 11.5 Å². The Hall–Kier alpha value is -1.82. The van der Waals surface area contributed by atoms with E-state index in [9.17, 15) is 9.18 Å². The number of aliphatic carboxylic acids is 1. The summed E-state index contributed by atoms with van der Waals surface area (Å²) in [6.07, 6.45) is -2.04. The first-order valence-electron chi connectivity index (χ1n) is 3.94. The fourth-order valence-electron chi connectivity index (χ4n) is 1.05. The summed E-state index contributed by atoms with van der Waals surface area (Å²) >= 11 is 0. The van der Waals surface area contributed by atoms with Gasteiger partial charge in [-0.2, -0.15) is 0 Å². The molecule has 0 aliphatic heterocycles. The molecule has 3 N–H and O–H groups in total. The summed E-state index contributed by atoms with van der Waals surface area (Å²) in [7, 11) is 1.27. The molecule has 0 amide bonds. The van der Waals surface area contributed by atoms with Crippen LogP contribution in [0.4, 0.5) is 4.39 Å². The van der Waals surface area contributed by atoms with Gasteiger partial charge in [-0.3, -0.25) is 0 Å². The van der Waals surface area contributed by atoms with Gasteiger partial charge in [-0.15, -0.1) is 0 Å². The molecule has 0 saturated heterocycles. The molecule has 6 heteroatoms. The first-order chi connectivity index (χ1) is 6.97. The monoisotopic (exact) mass is 216 g/mol. The summed E-state index contributed by atoms with van der Waals surface area (Å²) in [5.41, 5.74) is -0.542. The fraction of sp³-hybridized carbons (Fsp3) is 0.222. The van der Waals surface area contributed by atoms with Crippen LogP contribution in [0, 0.1) is 5.82 Å². The maximum absolute atomic E-state index is 13.2. The summed E-state index contributed by atoms with van der Waals surface area (Å²) in [5, 5.41) is 26.7. The molecule has 0 fully saturated rings. The van der Waals surface area contributed by atoms with Crippen LogP contribution in [0.2, 0.25) is 0 Å². The second-order valence-electron chi connectivity index (χ2n) is 2.79. The molecule has 1 rings (SSSR count). The Balaban J connectivity index is 3.27. The summed E-state index contributed by atoms with van der Waals surface area (Å²) in [5.74, 6) is -3.50. The smallest absolute Gasteiger partial charge is 0.337 e. The number of halogens is 1. The van der Waals surface area contributed by atoms with Crippen LogP contribution in [0.15, 0.2) is 12.1 Å². The zero-order valence-electron chi connectivity index (χ0n) is 7.77. The van der Waals surface area contributed by atoms with Gasteiger partial charge in [0.15, 0.2) is 17.7 Å². The van der Waals surface area contributed by atoms with Crippen molar-refractivity contribution >= 4 is 5.97 Å². The average Bonchev–Trinajstić information content (AvgIpc) is 2.20. The number of aliphatic hydroxyl groups is 1.